The second-order valence-corrected chi connectivity index (χ2v) is 5.34. The Labute approximate surface area is 140 Å². The predicted octanol–water partition coefficient (Wildman–Crippen LogP) is 3.15. The third-order valence-corrected chi connectivity index (χ3v) is 3.53. The summed E-state index contributed by atoms with van der Waals surface area (Å²) in [5.74, 6) is 0.645. The molecule has 24 heavy (non-hydrogen) atoms. The normalized spacial score (nSPS) is 10.8. The Bertz CT molecular complexity index is 788. The van der Waals surface area contributed by atoms with Gasteiger partial charge in [0.1, 0.15) is 5.52 Å². The van der Waals surface area contributed by atoms with E-state index in [2.05, 4.69) is 44.3 Å². The van der Waals surface area contributed by atoms with E-state index in [4.69, 9.17) is 9.47 Å². The van der Waals surface area contributed by atoms with Crippen molar-refractivity contribution in [2.75, 3.05) is 19.0 Å². The van der Waals surface area contributed by atoms with Crippen molar-refractivity contribution in [3.63, 3.8) is 0 Å². The van der Waals surface area contributed by atoms with Crippen molar-refractivity contribution in [3.05, 3.63) is 35.9 Å². The molecule has 0 saturated carbocycles. The van der Waals surface area contributed by atoms with Gasteiger partial charge >= 0.3 is 6.01 Å². The molecule has 0 fully saturated rings. The molecule has 0 amide bonds. The fourth-order valence-corrected chi connectivity index (χ4v) is 2.23. The van der Waals surface area contributed by atoms with E-state index in [0.29, 0.717) is 42.2 Å². The lowest BCUT2D eigenvalue weighted by atomic mass is 10.2. The molecule has 0 saturated heterocycles. The fraction of sp³-hybridized carbons (Fsp3) is 0.353. The van der Waals surface area contributed by atoms with Gasteiger partial charge in [-0.1, -0.05) is 43.7 Å². The molecule has 0 radical (unpaired) electrons. The number of nitrogens with one attached hydrogen (secondary N) is 2. The highest BCUT2D eigenvalue weighted by atomic mass is 16.5. The molecule has 2 N–H and O–H groups in total. The molecule has 0 unspecified atom stereocenters. The Morgan fingerprint density at radius 2 is 1.96 bits per heavy atom. The van der Waals surface area contributed by atoms with Gasteiger partial charge in [-0.15, -0.1) is 0 Å². The number of H-pyrrole nitrogens is 1. The molecule has 0 atom stereocenters. The molecule has 126 valence electrons. The van der Waals surface area contributed by atoms with Crippen LogP contribution in [0.5, 0.6) is 12.0 Å². The summed E-state index contributed by atoms with van der Waals surface area (Å²) in [7, 11) is 1.56. The summed E-state index contributed by atoms with van der Waals surface area (Å²) >= 11 is 0. The van der Waals surface area contributed by atoms with E-state index in [1.807, 2.05) is 18.2 Å². The Morgan fingerprint density at radius 1 is 1.12 bits per heavy atom. The standard InChI is InChI=1S/C17H21N5O2/c1-3-4-10-24-17-20-14(18-11-12-8-6-5-7-9-12)13-15(22-17)21-16(19-13)23-2/h5-9H,3-4,10-11H2,1-2H3,(H2,18,19,20,21,22). The van der Waals surface area contributed by atoms with E-state index >= 15 is 0 Å². The van der Waals surface area contributed by atoms with Crippen LogP contribution >= 0.6 is 0 Å². The minimum Gasteiger partial charge on any atom is -0.468 e. The van der Waals surface area contributed by atoms with E-state index in [1.54, 1.807) is 7.11 Å². The fourth-order valence-electron chi connectivity index (χ4n) is 2.23. The zero-order valence-electron chi connectivity index (χ0n) is 13.9. The Hall–Kier alpha value is -2.83. The number of benzene rings is 1. The van der Waals surface area contributed by atoms with Gasteiger partial charge in [-0.25, -0.2) is 0 Å². The van der Waals surface area contributed by atoms with Gasteiger partial charge in [0.15, 0.2) is 11.5 Å². The lowest BCUT2D eigenvalue weighted by Crippen LogP contribution is -2.06. The van der Waals surface area contributed by atoms with Crippen molar-refractivity contribution < 1.29 is 9.47 Å². The monoisotopic (exact) mass is 327 g/mol. The maximum Gasteiger partial charge on any atom is 0.320 e. The number of anilines is 1. The van der Waals surface area contributed by atoms with Gasteiger partial charge in [0.25, 0.3) is 6.01 Å². The van der Waals surface area contributed by atoms with Gasteiger partial charge in [0.2, 0.25) is 0 Å². The SMILES string of the molecule is CCCCOc1nc(NCc2ccccc2)c2[nH]c(OC)nc2n1. The summed E-state index contributed by atoms with van der Waals surface area (Å²) in [6, 6.07) is 10.8. The number of ether oxygens (including phenoxy) is 2. The van der Waals surface area contributed by atoms with Crippen molar-refractivity contribution in [2.45, 2.75) is 26.3 Å². The van der Waals surface area contributed by atoms with E-state index in [0.717, 1.165) is 18.4 Å². The first kappa shape index (κ1) is 16.0. The van der Waals surface area contributed by atoms with E-state index < -0.39 is 0 Å². The average molecular weight is 327 g/mol. The van der Waals surface area contributed by atoms with Crippen LogP contribution in [0.4, 0.5) is 5.82 Å². The quantitative estimate of drug-likeness (QED) is 0.618. The third-order valence-electron chi connectivity index (χ3n) is 3.53. The van der Waals surface area contributed by atoms with Crippen LogP contribution in [0, 0.1) is 0 Å². The van der Waals surface area contributed by atoms with E-state index in [1.165, 1.54) is 0 Å². The van der Waals surface area contributed by atoms with Crippen LogP contribution < -0.4 is 14.8 Å². The summed E-state index contributed by atoms with van der Waals surface area (Å²) < 4.78 is 10.8. The number of fused-ring (bicyclic) bond motifs is 1. The van der Waals surface area contributed by atoms with Gasteiger partial charge < -0.3 is 19.8 Å². The highest BCUT2D eigenvalue weighted by Crippen LogP contribution is 2.24. The van der Waals surface area contributed by atoms with Crippen LogP contribution in [0.1, 0.15) is 25.3 Å². The Morgan fingerprint density at radius 3 is 2.71 bits per heavy atom. The lowest BCUT2D eigenvalue weighted by Gasteiger charge is -2.09. The van der Waals surface area contributed by atoms with Crippen LogP contribution in [-0.2, 0) is 6.54 Å². The van der Waals surface area contributed by atoms with Crippen molar-refractivity contribution in [2.24, 2.45) is 0 Å². The summed E-state index contributed by atoms with van der Waals surface area (Å²) in [6.45, 7) is 3.34. The summed E-state index contributed by atoms with van der Waals surface area (Å²) in [5, 5.41) is 3.31. The van der Waals surface area contributed by atoms with Gasteiger partial charge in [-0.3, -0.25) is 0 Å². The summed E-state index contributed by atoms with van der Waals surface area (Å²) in [4.78, 5) is 16.2. The van der Waals surface area contributed by atoms with E-state index in [-0.39, 0.29) is 0 Å². The highest BCUT2D eigenvalue weighted by Gasteiger charge is 2.14. The minimum absolute atomic E-state index is 0.320. The number of methoxy groups -OCH3 is 1. The number of hydrogen-bond donors (Lipinski definition) is 2. The van der Waals surface area contributed by atoms with Crippen molar-refractivity contribution >= 4 is 17.0 Å². The van der Waals surface area contributed by atoms with Crippen LogP contribution in [0.2, 0.25) is 0 Å². The molecule has 0 aliphatic rings. The smallest absolute Gasteiger partial charge is 0.320 e. The summed E-state index contributed by atoms with van der Waals surface area (Å²) in [5.41, 5.74) is 2.37. The first-order valence-corrected chi connectivity index (χ1v) is 8.02. The van der Waals surface area contributed by atoms with Crippen LogP contribution in [-0.4, -0.2) is 33.7 Å². The van der Waals surface area contributed by atoms with Crippen molar-refractivity contribution in [1.29, 1.82) is 0 Å². The number of aromatic amines is 1. The Balaban J connectivity index is 1.86. The molecule has 0 aliphatic heterocycles. The maximum atomic E-state index is 5.63. The number of rotatable bonds is 8. The maximum absolute atomic E-state index is 5.63. The van der Waals surface area contributed by atoms with Gasteiger partial charge in [0.05, 0.1) is 13.7 Å². The van der Waals surface area contributed by atoms with Crippen molar-refractivity contribution in [3.8, 4) is 12.0 Å². The minimum atomic E-state index is 0.320. The Kier molecular flexibility index (Phi) is 5.10. The van der Waals surface area contributed by atoms with Gasteiger partial charge in [-0.05, 0) is 12.0 Å². The zero-order chi connectivity index (χ0) is 16.8. The van der Waals surface area contributed by atoms with Gasteiger partial charge in [0, 0.05) is 6.54 Å². The second kappa shape index (κ2) is 7.63. The topological polar surface area (TPSA) is 85.0 Å². The predicted molar refractivity (Wildman–Crippen MR) is 92.4 cm³/mol. The largest absolute Gasteiger partial charge is 0.468 e. The first-order valence-electron chi connectivity index (χ1n) is 8.02. The lowest BCUT2D eigenvalue weighted by molar-refractivity contribution is 0.287. The first-order chi connectivity index (χ1) is 11.8. The molecule has 0 spiro atoms. The summed E-state index contributed by atoms with van der Waals surface area (Å²) in [6.07, 6.45) is 2.01. The molecule has 7 nitrogen and oxygen atoms in total. The van der Waals surface area contributed by atoms with Crippen LogP contribution in [0.3, 0.4) is 0 Å². The second-order valence-electron chi connectivity index (χ2n) is 5.34. The van der Waals surface area contributed by atoms with E-state index in [9.17, 15) is 0 Å². The molecule has 3 rings (SSSR count). The number of nitrogens with zero attached hydrogens (tertiary/aromatic N) is 3. The molecule has 7 heteroatoms. The molecule has 2 heterocycles. The molecule has 0 aliphatic carbocycles. The highest BCUT2D eigenvalue weighted by molar-refractivity contribution is 5.83. The molecule has 3 aromatic rings. The molecule has 0 bridgehead atoms. The third kappa shape index (κ3) is 3.73. The number of hydrogen-bond acceptors (Lipinski definition) is 6. The average Bonchev–Trinajstić information content (AvgIpc) is 3.04. The van der Waals surface area contributed by atoms with Crippen LogP contribution in [0.15, 0.2) is 30.3 Å². The molecular formula is C17H21N5O2. The molecule has 1 aromatic carbocycles. The number of aromatic nitrogens is 4. The van der Waals surface area contributed by atoms with Crippen molar-refractivity contribution in [1.82, 2.24) is 19.9 Å². The molecule has 2 aromatic heterocycles. The van der Waals surface area contributed by atoms with Crippen LogP contribution in [0.25, 0.3) is 11.2 Å². The zero-order valence-corrected chi connectivity index (χ0v) is 13.9. The van der Waals surface area contributed by atoms with Gasteiger partial charge in [-0.2, -0.15) is 15.0 Å². The number of imidazole rings is 1. The number of unbranched alkanes of at least 4 members (excludes halogenated alkanes) is 1. The molecular weight excluding hydrogens is 306 g/mol.